The maximum atomic E-state index is 11.5. The van der Waals surface area contributed by atoms with Gasteiger partial charge in [-0.3, -0.25) is 4.79 Å². The van der Waals surface area contributed by atoms with Crippen LogP contribution >= 0.6 is 0 Å². The lowest BCUT2D eigenvalue weighted by Gasteiger charge is -2.54. The molecule has 2 aliphatic rings. The Morgan fingerprint density at radius 3 is 2.76 bits per heavy atom. The van der Waals surface area contributed by atoms with Crippen molar-refractivity contribution in [1.29, 1.82) is 0 Å². The molecule has 0 atom stereocenters. The number of nitrogens with zero attached hydrogens (tertiary/aromatic N) is 1. The molecule has 1 aromatic rings. The van der Waals surface area contributed by atoms with Gasteiger partial charge in [0, 0.05) is 30.6 Å². The molecule has 2 nitrogen and oxygen atoms in total. The molecule has 1 spiro atoms. The highest BCUT2D eigenvalue weighted by atomic mass is 16.1. The van der Waals surface area contributed by atoms with Crippen molar-refractivity contribution in [2.75, 3.05) is 0 Å². The summed E-state index contributed by atoms with van der Waals surface area (Å²) in [5, 5.41) is 0. The Hall–Kier alpha value is -1.05. The van der Waals surface area contributed by atoms with Gasteiger partial charge in [-0.2, -0.15) is 0 Å². The summed E-state index contributed by atoms with van der Waals surface area (Å²) in [5.41, 5.74) is 1.90. The fourth-order valence-electron chi connectivity index (χ4n) is 3.63. The van der Waals surface area contributed by atoms with E-state index in [1.807, 2.05) is 19.3 Å². The van der Waals surface area contributed by atoms with Crippen LogP contribution in [0.1, 0.15) is 44.6 Å². The average Bonchev–Trinajstić information content (AvgIpc) is 2.22. The number of hydrogen-bond acceptors (Lipinski definition) is 1. The zero-order valence-electron chi connectivity index (χ0n) is 10.6. The molecule has 2 aliphatic carbocycles. The number of aryl methyl sites for hydroxylation is 1. The second-order valence-electron chi connectivity index (χ2n) is 6.01. The predicted octanol–water partition coefficient (Wildman–Crippen LogP) is 2.99. The van der Waals surface area contributed by atoms with E-state index in [0.29, 0.717) is 0 Å². The van der Waals surface area contributed by atoms with Crippen LogP contribution in [0, 0.1) is 11.3 Å². The van der Waals surface area contributed by atoms with Gasteiger partial charge in [-0.05, 0) is 43.4 Å². The molecule has 0 bridgehead atoms. The number of aromatic nitrogens is 1. The molecule has 92 valence electrons. The van der Waals surface area contributed by atoms with Crippen molar-refractivity contribution in [3.63, 3.8) is 0 Å². The summed E-state index contributed by atoms with van der Waals surface area (Å²) in [6.45, 7) is 3.16. The van der Waals surface area contributed by atoms with Crippen LogP contribution in [0.3, 0.4) is 0 Å². The maximum Gasteiger partial charge on any atom is 0.184 e. The molecule has 2 fully saturated rings. The van der Waals surface area contributed by atoms with Crippen LogP contribution in [-0.4, -0.2) is 4.57 Å². The second-order valence-corrected chi connectivity index (χ2v) is 6.01. The van der Waals surface area contributed by atoms with Gasteiger partial charge in [-0.25, -0.2) is 0 Å². The molecule has 0 unspecified atom stereocenters. The van der Waals surface area contributed by atoms with Gasteiger partial charge in [-0.15, -0.1) is 0 Å². The Morgan fingerprint density at radius 1 is 1.41 bits per heavy atom. The highest BCUT2D eigenvalue weighted by Crippen LogP contribution is 2.58. The van der Waals surface area contributed by atoms with Crippen molar-refractivity contribution in [3.8, 4) is 0 Å². The SMILES string of the molecule is CCc1cn(CC2CC3(CCC3)C2)ccc1=O. The van der Waals surface area contributed by atoms with Gasteiger partial charge in [-0.1, -0.05) is 13.3 Å². The monoisotopic (exact) mass is 231 g/mol. The fraction of sp³-hybridized carbons (Fsp3) is 0.667. The lowest BCUT2D eigenvalue weighted by molar-refractivity contribution is -0.0311. The van der Waals surface area contributed by atoms with E-state index in [9.17, 15) is 4.79 Å². The summed E-state index contributed by atoms with van der Waals surface area (Å²) in [6.07, 6.45) is 12.1. The topological polar surface area (TPSA) is 22.0 Å². The van der Waals surface area contributed by atoms with Crippen LogP contribution in [0.4, 0.5) is 0 Å². The van der Waals surface area contributed by atoms with E-state index in [1.54, 1.807) is 6.07 Å². The van der Waals surface area contributed by atoms with Gasteiger partial charge in [0.05, 0.1) is 0 Å². The molecule has 0 aliphatic heterocycles. The van der Waals surface area contributed by atoms with E-state index < -0.39 is 0 Å². The van der Waals surface area contributed by atoms with Crippen molar-refractivity contribution in [1.82, 2.24) is 4.57 Å². The zero-order chi connectivity index (χ0) is 11.9. The molecule has 0 radical (unpaired) electrons. The van der Waals surface area contributed by atoms with Crippen LogP contribution < -0.4 is 5.43 Å². The van der Waals surface area contributed by atoms with E-state index >= 15 is 0 Å². The van der Waals surface area contributed by atoms with Crippen LogP contribution in [0.2, 0.25) is 0 Å². The summed E-state index contributed by atoms with van der Waals surface area (Å²) >= 11 is 0. The minimum Gasteiger partial charge on any atom is -0.353 e. The van der Waals surface area contributed by atoms with Crippen molar-refractivity contribution < 1.29 is 0 Å². The minimum absolute atomic E-state index is 0.188. The summed E-state index contributed by atoms with van der Waals surface area (Å²) in [7, 11) is 0. The smallest absolute Gasteiger partial charge is 0.184 e. The molecule has 0 saturated heterocycles. The molecular weight excluding hydrogens is 210 g/mol. The van der Waals surface area contributed by atoms with Crippen LogP contribution in [0.15, 0.2) is 23.3 Å². The van der Waals surface area contributed by atoms with Crippen molar-refractivity contribution >= 4 is 0 Å². The first-order valence-corrected chi connectivity index (χ1v) is 6.90. The van der Waals surface area contributed by atoms with E-state index in [1.165, 1.54) is 32.1 Å². The van der Waals surface area contributed by atoms with Gasteiger partial charge < -0.3 is 4.57 Å². The first kappa shape index (κ1) is 11.1. The standard InChI is InChI=1S/C15H21NO/c1-2-13-11-16(7-4-14(13)17)10-12-8-15(9-12)5-3-6-15/h4,7,11-12H,2-3,5-6,8-10H2,1H3. The summed E-state index contributed by atoms with van der Waals surface area (Å²) in [6, 6.07) is 1.72. The normalized spacial score (nSPS) is 22.2. The third-order valence-corrected chi connectivity index (χ3v) is 4.76. The molecule has 3 rings (SSSR count). The summed E-state index contributed by atoms with van der Waals surface area (Å²) in [5.74, 6) is 0.850. The van der Waals surface area contributed by atoms with E-state index in [4.69, 9.17) is 0 Å². The Morgan fingerprint density at radius 2 is 2.18 bits per heavy atom. The average molecular weight is 231 g/mol. The maximum absolute atomic E-state index is 11.5. The van der Waals surface area contributed by atoms with Gasteiger partial charge in [0.15, 0.2) is 5.43 Å². The molecule has 2 saturated carbocycles. The molecule has 17 heavy (non-hydrogen) atoms. The minimum atomic E-state index is 0.188. The van der Waals surface area contributed by atoms with Crippen molar-refractivity contribution in [3.05, 3.63) is 34.2 Å². The first-order chi connectivity index (χ1) is 8.21. The molecule has 0 aromatic carbocycles. The zero-order valence-corrected chi connectivity index (χ0v) is 10.6. The fourth-order valence-corrected chi connectivity index (χ4v) is 3.63. The third kappa shape index (κ3) is 1.94. The summed E-state index contributed by atoms with van der Waals surface area (Å²) < 4.78 is 2.22. The number of hydrogen-bond donors (Lipinski definition) is 0. The molecule has 1 aromatic heterocycles. The van der Waals surface area contributed by atoms with Crippen molar-refractivity contribution in [2.45, 2.75) is 52.0 Å². The Kier molecular flexibility index (Phi) is 2.61. The van der Waals surface area contributed by atoms with E-state index in [0.717, 1.165) is 29.9 Å². The number of pyridine rings is 1. The third-order valence-electron chi connectivity index (χ3n) is 4.76. The second kappa shape index (κ2) is 4.01. The predicted molar refractivity (Wildman–Crippen MR) is 69.1 cm³/mol. The molecule has 0 amide bonds. The van der Waals surface area contributed by atoms with Crippen molar-refractivity contribution in [2.24, 2.45) is 11.3 Å². The number of rotatable bonds is 3. The Bertz CT molecular complexity index is 462. The van der Waals surface area contributed by atoms with Crippen LogP contribution in [0.25, 0.3) is 0 Å². The van der Waals surface area contributed by atoms with E-state index in [2.05, 4.69) is 4.57 Å². The van der Waals surface area contributed by atoms with Crippen LogP contribution in [0.5, 0.6) is 0 Å². The molecule has 1 heterocycles. The van der Waals surface area contributed by atoms with Gasteiger partial charge >= 0.3 is 0 Å². The Balaban J connectivity index is 1.64. The molecule has 2 heteroatoms. The molecular formula is C15H21NO. The summed E-state index contributed by atoms with van der Waals surface area (Å²) in [4.78, 5) is 11.5. The molecule has 0 N–H and O–H groups in total. The van der Waals surface area contributed by atoms with E-state index in [-0.39, 0.29) is 5.43 Å². The lowest BCUT2D eigenvalue weighted by atomic mass is 9.52. The van der Waals surface area contributed by atoms with Gasteiger partial charge in [0.1, 0.15) is 0 Å². The van der Waals surface area contributed by atoms with Gasteiger partial charge in [0.25, 0.3) is 0 Å². The highest BCUT2D eigenvalue weighted by molar-refractivity contribution is 5.10. The first-order valence-electron chi connectivity index (χ1n) is 6.90. The Labute approximate surface area is 103 Å². The largest absolute Gasteiger partial charge is 0.353 e. The van der Waals surface area contributed by atoms with Gasteiger partial charge in [0.2, 0.25) is 0 Å². The highest BCUT2D eigenvalue weighted by Gasteiger charge is 2.47. The lowest BCUT2D eigenvalue weighted by Crippen LogP contribution is -2.44. The van der Waals surface area contributed by atoms with Crippen LogP contribution in [-0.2, 0) is 13.0 Å². The quantitative estimate of drug-likeness (QED) is 0.784.